The number of hydrogen-bond acceptors (Lipinski definition) is 3. The molecule has 2 rings (SSSR count). The third-order valence-electron chi connectivity index (χ3n) is 4.01. The van der Waals surface area contributed by atoms with Gasteiger partial charge in [0.2, 0.25) is 5.91 Å². The summed E-state index contributed by atoms with van der Waals surface area (Å²) in [4.78, 5) is 25.1. The molecule has 2 unspecified atom stereocenters. The normalized spacial score (nSPS) is 22.2. The van der Waals surface area contributed by atoms with Crippen LogP contribution in [0.1, 0.15) is 18.9 Å². The Morgan fingerprint density at radius 1 is 1.48 bits per heavy atom. The highest BCUT2D eigenvalue weighted by atomic mass is 79.9. The Labute approximate surface area is 132 Å². The van der Waals surface area contributed by atoms with E-state index >= 15 is 0 Å². The zero-order valence-corrected chi connectivity index (χ0v) is 13.7. The lowest BCUT2D eigenvalue weighted by Gasteiger charge is -2.22. The van der Waals surface area contributed by atoms with Crippen LogP contribution < -0.4 is 5.32 Å². The second-order valence-electron chi connectivity index (χ2n) is 5.45. The largest absolute Gasteiger partial charge is 0.481 e. The lowest BCUT2D eigenvalue weighted by atomic mass is 10.0. The van der Waals surface area contributed by atoms with Crippen molar-refractivity contribution in [3.05, 3.63) is 28.2 Å². The Morgan fingerprint density at radius 2 is 2.19 bits per heavy atom. The van der Waals surface area contributed by atoms with Crippen LogP contribution >= 0.6 is 15.9 Å². The molecule has 0 aromatic heterocycles. The number of carboxylic acid groups (broad SMARTS) is 1. The second-order valence-corrected chi connectivity index (χ2v) is 6.37. The van der Waals surface area contributed by atoms with E-state index in [0.717, 1.165) is 15.7 Å². The van der Waals surface area contributed by atoms with Crippen LogP contribution in [0.25, 0.3) is 0 Å². The molecule has 1 amide bonds. The van der Waals surface area contributed by atoms with Crippen molar-refractivity contribution in [3.8, 4) is 0 Å². The highest BCUT2D eigenvalue weighted by Crippen LogP contribution is 2.24. The number of carbonyl (C=O) groups excluding carboxylic acids is 1. The summed E-state index contributed by atoms with van der Waals surface area (Å²) in [5.74, 6) is -1.28. The predicted octanol–water partition coefficient (Wildman–Crippen LogP) is 2.49. The van der Waals surface area contributed by atoms with Gasteiger partial charge in [0.1, 0.15) is 0 Å². The van der Waals surface area contributed by atoms with E-state index in [1.807, 2.05) is 36.9 Å². The molecule has 2 atom stereocenters. The van der Waals surface area contributed by atoms with Gasteiger partial charge >= 0.3 is 5.97 Å². The minimum Gasteiger partial charge on any atom is -0.481 e. The first-order chi connectivity index (χ1) is 9.88. The molecule has 114 valence electrons. The van der Waals surface area contributed by atoms with Crippen LogP contribution in [-0.2, 0) is 9.59 Å². The molecular weight excluding hydrogens is 336 g/mol. The maximum Gasteiger partial charge on any atom is 0.308 e. The van der Waals surface area contributed by atoms with Crippen LogP contribution in [0.15, 0.2) is 22.7 Å². The van der Waals surface area contributed by atoms with Crippen molar-refractivity contribution < 1.29 is 14.7 Å². The fourth-order valence-electron chi connectivity index (χ4n) is 2.70. The number of amides is 1. The molecule has 5 nitrogen and oxygen atoms in total. The highest BCUT2D eigenvalue weighted by Gasteiger charge is 2.36. The molecule has 1 saturated heterocycles. The smallest absolute Gasteiger partial charge is 0.308 e. The summed E-state index contributed by atoms with van der Waals surface area (Å²) in [5, 5.41) is 12.0. The first-order valence-corrected chi connectivity index (χ1v) is 7.70. The van der Waals surface area contributed by atoms with E-state index in [1.165, 1.54) is 0 Å². The Balaban J connectivity index is 1.95. The molecule has 1 aromatic carbocycles. The van der Waals surface area contributed by atoms with Gasteiger partial charge in [0, 0.05) is 16.2 Å². The third kappa shape index (κ3) is 3.83. The van der Waals surface area contributed by atoms with Gasteiger partial charge in [0.25, 0.3) is 0 Å². The van der Waals surface area contributed by atoms with Crippen LogP contribution in [0.2, 0.25) is 0 Å². The minimum atomic E-state index is -0.783. The van der Waals surface area contributed by atoms with Gasteiger partial charge in [-0.05, 0) is 50.6 Å². The molecule has 1 heterocycles. The maximum atomic E-state index is 12.1. The van der Waals surface area contributed by atoms with E-state index in [2.05, 4.69) is 21.2 Å². The number of benzene rings is 1. The summed E-state index contributed by atoms with van der Waals surface area (Å²) < 4.78 is 0.968. The van der Waals surface area contributed by atoms with Gasteiger partial charge in [0.05, 0.1) is 12.5 Å². The zero-order valence-electron chi connectivity index (χ0n) is 12.1. The molecule has 1 aliphatic heterocycles. The number of aryl methyl sites for hydroxylation is 1. The summed E-state index contributed by atoms with van der Waals surface area (Å²) >= 11 is 3.38. The average Bonchev–Trinajstić information content (AvgIpc) is 2.74. The first-order valence-electron chi connectivity index (χ1n) is 6.91. The lowest BCUT2D eigenvalue weighted by molar-refractivity contribution is -0.142. The fourth-order valence-corrected chi connectivity index (χ4v) is 3.17. The molecular formula is C15H19BrN2O3. The number of hydrogen-bond donors (Lipinski definition) is 2. The van der Waals surface area contributed by atoms with Crippen molar-refractivity contribution in [2.45, 2.75) is 26.3 Å². The van der Waals surface area contributed by atoms with E-state index in [0.29, 0.717) is 13.0 Å². The Morgan fingerprint density at radius 3 is 2.76 bits per heavy atom. The minimum absolute atomic E-state index is 0.112. The fraction of sp³-hybridized carbons (Fsp3) is 0.467. The number of carbonyl (C=O) groups is 2. The topological polar surface area (TPSA) is 69.6 Å². The maximum absolute atomic E-state index is 12.1. The molecule has 1 aliphatic rings. The third-order valence-corrected chi connectivity index (χ3v) is 4.51. The highest BCUT2D eigenvalue weighted by molar-refractivity contribution is 9.10. The number of nitrogens with zero attached hydrogens (tertiary/aromatic N) is 1. The van der Waals surface area contributed by atoms with E-state index < -0.39 is 5.97 Å². The summed E-state index contributed by atoms with van der Waals surface area (Å²) in [6.45, 7) is 4.66. The van der Waals surface area contributed by atoms with Gasteiger partial charge in [0.15, 0.2) is 0 Å². The van der Waals surface area contributed by atoms with E-state index in [9.17, 15) is 9.59 Å². The van der Waals surface area contributed by atoms with Crippen LogP contribution in [0.5, 0.6) is 0 Å². The van der Waals surface area contributed by atoms with Crippen molar-refractivity contribution in [2.75, 3.05) is 18.4 Å². The van der Waals surface area contributed by atoms with Crippen LogP contribution in [0.4, 0.5) is 5.69 Å². The van der Waals surface area contributed by atoms with Gasteiger partial charge < -0.3 is 10.4 Å². The number of likely N-dealkylation sites (tertiary alicyclic amines) is 1. The second kappa shape index (κ2) is 6.58. The monoisotopic (exact) mass is 354 g/mol. The number of aliphatic carboxylic acids is 1. The summed E-state index contributed by atoms with van der Waals surface area (Å²) in [6, 6.07) is 5.56. The molecule has 1 fully saturated rings. The van der Waals surface area contributed by atoms with Crippen molar-refractivity contribution >= 4 is 33.5 Å². The summed E-state index contributed by atoms with van der Waals surface area (Å²) in [6.07, 6.45) is 0.598. The van der Waals surface area contributed by atoms with Crippen LogP contribution in [0, 0.1) is 12.8 Å². The number of anilines is 1. The lowest BCUT2D eigenvalue weighted by Crippen LogP contribution is -2.38. The van der Waals surface area contributed by atoms with E-state index in [-0.39, 0.29) is 24.4 Å². The SMILES string of the molecule is Cc1cc(Br)ccc1NC(=O)CN1CCC(C(=O)O)C1C. The van der Waals surface area contributed by atoms with E-state index in [1.54, 1.807) is 0 Å². The number of halogens is 1. The quantitative estimate of drug-likeness (QED) is 0.871. The van der Waals surface area contributed by atoms with Gasteiger partial charge in [-0.25, -0.2) is 0 Å². The first kappa shape index (κ1) is 16.0. The zero-order chi connectivity index (χ0) is 15.6. The van der Waals surface area contributed by atoms with Gasteiger partial charge in [-0.15, -0.1) is 0 Å². The predicted molar refractivity (Wildman–Crippen MR) is 84.3 cm³/mol. The summed E-state index contributed by atoms with van der Waals surface area (Å²) in [5.41, 5.74) is 1.76. The number of carboxylic acids is 1. The van der Waals surface area contributed by atoms with Crippen molar-refractivity contribution in [2.24, 2.45) is 5.92 Å². The van der Waals surface area contributed by atoms with Crippen molar-refractivity contribution in [1.82, 2.24) is 4.90 Å². The molecule has 2 N–H and O–H groups in total. The van der Waals surface area contributed by atoms with Gasteiger partial charge in [-0.2, -0.15) is 0 Å². The molecule has 6 heteroatoms. The molecule has 0 aliphatic carbocycles. The van der Waals surface area contributed by atoms with Gasteiger partial charge in [-0.3, -0.25) is 14.5 Å². The molecule has 0 bridgehead atoms. The molecule has 1 aromatic rings. The standard InChI is InChI=1S/C15H19BrN2O3/c1-9-7-11(16)3-4-13(9)17-14(19)8-18-6-5-12(10(18)2)15(20)21/h3-4,7,10,12H,5-6,8H2,1-2H3,(H,17,19)(H,20,21). The van der Waals surface area contributed by atoms with E-state index in [4.69, 9.17) is 5.11 Å². The molecule has 0 saturated carbocycles. The number of nitrogens with one attached hydrogen (secondary N) is 1. The Hall–Kier alpha value is -1.40. The Bertz CT molecular complexity index is 562. The average molecular weight is 355 g/mol. The van der Waals surface area contributed by atoms with Crippen molar-refractivity contribution in [3.63, 3.8) is 0 Å². The van der Waals surface area contributed by atoms with Crippen LogP contribution in [0.3, 0.4) is 0 Å². The van der Waals surface area contributed by atoms with Gasteiger partial charge in [-0.1, -0.05) is 15.9 Å². The summed E-state index contributed by atoms with van der Waals surface area (Å²) in [7, 11) is 0. The van der Waals surface area contributed by atoms with Crippen LogP contribution in [-0.4, -0.2) is 41.0 Å². The Kier molecular flexibility index (Phi) is 5.00. The molecule has 0 radical (unpaired) electrons. The molecule has 21 heavy (non-hydrogen) atoms. The van der Waals surface area contributed by atoms with Crippen molar-refractivity contribution in [1.29, 1.82) is 0 Å². The number of rotatable bonds is 4. The molecule has 0 spiro atoms.